The van der Waals surface area contributed by atoms with Crippen LogP contribution in [0.2, 0.25) is 0 Å². The molecule has 2 nitrogen and oxygen atoms in total. The summed E-state index contributed by atoms with van der Waals surface area (Å²) in [4.78, 5) is 0. The average Bonchev–Trinajstić information content (AvgIpc) is 2.75. The summed E-state index contributed by atoms with van der Waals surface area (Å²) in [6.07, 6.45) is 34.1. The van der Waals surface area contributed by atoms with Crippen molar-refractivity contribution in [3.63, 3.8) is 0 Å². The van der Waals surface area contributed by atoms with Crippen LogP contribution in [0.4, 0.5) is 0 Å². The lowest BCUT2D eigenvalue weighted by Gasteiger charge is -2.09. The second-order valence-electron chi connectivity index (χ2n) is 9.80. The summed E-state index contributed by atoms with van der Waals surface area (Å²) in [5.74, 6) is 0. The van der Waals surface area contributed by atoms with Crippen molar-refractivity contribution in [1.29, 1.82) is 0 Å². The number of aliphatic hydroxyl groups excluding tert-OH is 1. The van der Waals surface area contributed by atoms with Gasteiger partial charge >= 0.3 is 0 Å². The average molecular weight is 426 g/mol. The smallest absolute Gasteiger partial charge is 0.0540 e. The molecule has 0 aliphatic rings. The monoisotopic (exact) mass is 425 g/mol. The Kier molecular flexibility index (Phi) is 26.9. The highest BCUT2D eigenvalue weighted by atomic mass is 16.3. The van der Waals surface area contributed by atoms with Crippen LogP contribution in [0, 0.1) is 0 Å². The largest absolute Gasteiger partial charge is 0.393 e. The Morgan fingerprint density at radius 1 is 0.433 bits per heavy atom. The molecule has 0 saturated heterocycles. The van der Waals surface area contributed by atoms with Gasteiger partial charge in [-0.3, -0.25) is 0 Å². The Bertz CT molecular complexity index is 294. The minimum absolute atomic E-state index is 0.112. The second kappa shape index (κ2) is 27.0. The molecule has 0 aromatic heterocycles. The lowest BCUT2D eigenvalue weighted by Crippen LogP contribution is -2.09. The standard InChI is InChI=1S/C28H59NO/c1-2-3-4-5-6-7-8-9-10-11-12-13-14-15-16-17-18-19-20-21-22-23-25-28(30)26-24-27-29/h28,30H,2-27,29H2,1H3. The van der Waals surface area contributed by atoms with E-state index in [1.165, 1.54) is 141 Å². The summed E-state index contributed by atoms with van der Waals surface area (Å²) >= 11 is 0. The van der Waals surface area contributed by atoms with Gasteiger partial charge in [0.25, 0.3) is 0 Å². The SMILES string of the molecule is CCCCCCCCCCCCCCCCCCCCCCCCC(O)CCCN. The third kappa shape index (κ3) is 26.0. The van der Waals surface area contributed by atoms with Gasteiger partial charge in [0, 0.05) is 0 Å². The molecule has 182 valence electrons. The summed E-state index contributed by atoms with van der Waals surface area (Å²) in [5, 5.41) is 9.79. The van der Waals surface area contributed by atoms with Crippen LogP contribution in [0.5, 0.6) is 0 Å². The molecule has 0 aromatic rings. The highest BCUT2D eigenvalue weighted by molar-refractivity contribution is 4.57. The number of nitrogens with two attached hydrogens (primary N) is 1. The number of unbranched alkanes of at least 4 members (excludes halogenated alkanes) is 21. The van der Waals surface area contributed by atoms with E-state index in [2.05, 4.69) is 6.92 Å². The molecule has 1 atom stereocenters. The minimum Gasteiger partial charge on any atom is -0.393 e. The van der Waals surface area contributed by atoms with Gasteiger partial charge in [0.05, 0.1) is 6.10 Å². The van der Waals surface area contributed by atoms with Crippen LogP contribution in [0.1, 0.15) is 167 Å². The molecule has 0 aliphatic heterocycles. The highest BCUT2D eigenvalue weighted by Gasteiger charge is 2.02. The Labute approximate surface area is 191 Å². The zero-order valence-corrected chi connectivity index (χ0v) is 21.0. The fraction of sp³-hybridized carbons (Fsp3) is 1.00. The van der Waals surface area contributed by atoms with Crippen LogP contribution in [0.25, 0.3) is 0 Å². The van der Waals surface area contributed by atoms with Gasteiger partial charge in [-0.1, -0.05) is 148 Å². The molecule has 0 spiro atoms. The minimum atomic E-state index is -0.112. The van der Waals surface area contributed by atoms with E-state index in [1.807, 2.05) is 0 Å². The maximum Gasteiger partial charge on any atom is 0.0540 e. The topological polar surface area (TPSA) is 46.2 Å². The Morgan fingerprint density at radius 3 is 1.00 bits per heavy atom. The first-order chi connectivity index (χ1) is 14.8. The molecule has 0 amide bonds. The molecule has 0 radical (unpaired) electrons. The maximum atomic E-state index is 9.79. The summed E-state index contributed by atoms with van der Waals surface area (Å²) in [6.45, 7) is 3.00. The van der Waals surface area contributed by atoms with Crippen LogP contribution >= 0.6 is 0 Å². The molecule has 0 saturated carbocycles. The lowest BCUT2D eigenvalue weighted by molar-refractivity contribution is 0.149. The Balaban J connectivity index is 3.03. The van der Waals surface area contributed by atoms with E-state index in [1.54, 1.807) is 0 Å². The summed E-state index contributed by atoms with van der Waals surface area (Å²) < 4.78 is 0. The van der Waals surface area contributed by atoms with Crippen molar-refractivity contribution in [2.45, 2.75) is 174 Å². The van der Waals surface area contributed by atoms with E-state index < -0.39 is 0 Å². The molecule has 2 heteroatoms. The van der Waals surface area contributed by atoms with Gasteiger partial charge in [-0.05, 0) is 25.8 Å². The highest BCUT2D eigenvalue weighted by Crippen LogP contribution is 2.16. The van der Waals surface area contributed by atoms with Crippen molar-refractivity contribution in [3.05, 3.63) is 0 Å². The van der Waals surface area contributed by atoms with Crippen molar-refractivity contribution in [2.24, 2.45) is 5.73 Å². The molecular formula is C28H59NO. The quantitative estimate of drug-likeness (QED) is 0.136. The number of aliphatic hydroxyl groups is 1. The van der Waals surface area contributed by atoms with Crippen LogP contribution in [0.15, 0.2) is 0 Å². The number of hydrogen-bond acceptors (Lipinski definition) is 2. The summed E-state index contributed by atoms with van der Waals surface area (Å²) in [6, 6.07) is 0. The third-order valence-corrected chi connectivity index (χ3v) is 6.63. The molecule has 30 heavy (non-hydrogen) atoms. The van der Waals surface area contributed by atoms with Crippen LogP contribution < -0.4 is 5.73 Å². The van der Waals surface area contributed by atoms with Gasteiger partial charge < -0.3 is 10.8 Å². The van der Waals surface area contributed by atoms with Crippen LogP contribution in [0.3, 0.4) is 0 Å². The molecule has 0 bridgehead atoms. The van der Waals surface area contributed by atoms with Crippen LogP contribution in [-0.4, -0.2) is 17.8 Å². The summed E-state index contributed by atoms with van der Waals surface area (Å²) in [5.41, 5.74) is 5.48. The zero-order chi connectivity index (χ0) is 22.0. The fourth-order valence-corrected chi connectivity index (χ4v) is 4.49. The van der Waals surface area contributed by atoms with Crippen LogP contribution in [-0.2, 0) is 0 Å². The maximum absolute atomic E-state index is 9.79. The number of hydrogen-bond donors (Lipinski definition) is 2. The Hall–Kier alpha value is -0.0800. The van der Waals surface area contributed by atoms with E-state index in [9.17, 15) is 5.11 Å². The first-order valence-electron chi connectivity index (χ1n) is 14.2. The van der Waals surface area contributed by atoms with Gasteiger partial charge in [-0.15, -0.1) is 0 Å². The first-order valence-corrected chi connectivity index (χ1v) is 14.2. The first kappa shape index (κ1) is 29.9. The summed E-state index contributed by atoms with van der Waals surface area (Å²) in [7, 11) is 0. The van der Waals surface area contributed by atoms with Crippen molar-refractivity contribution in [1.82, 2.24) is 0 Å². The molecule has 0 aromatic carbocycles. The number of rotatable bonds is 26. The lowest BCUT2D eigenvalue weighted by atomic mass is 10.0. The second-order valence-corrected chi connectivity index (χ2v) is 9.80. The van der Waals surface area contributed by atoms with Crippen molar-refractivity contribution in [3.8, 4) is 0 Å². The van der Waals surface area contributed by atoms with Crippen molar-refractivity contribution >= 4 is 0 Å². The van der Waals surface area contributed by atoms with Crippen molar-refractivity contribution < 1.29 is 5.11 Å². The van der Waals surface area contributed by atoms with Gasteiger partial charge in [0.1, 0.15) is 0 Å². The molecule has 3 N–H and O–H groups in total. The van der Waals surface area contributed by atoms with Gasteiger partial charge in [0.15, 0.2) is 0 Å². The molecule has 0 fully saturated rings. The predicted molar refractivity (Wildman–Crippen MR) is 136 cm³/mol. The van der Waals surface area contributed by atoms with E-state index in [0.717, 1.165) is 19.3 Å². The molecule has 0 rings (SSSR count). The van der Waals surface area contributed by atoms with E-state index in [0.29, 0.717) is 6.54 Å². The molecular weight excluding hydrogens is 366 g/mol. The normalized spacial score (nSPS) is 12.5. The zero-order valence-electron chi connectivity index (χ0n) is 21.0. The van der Waals surface area contributed by atoms with E-state index in [4.69, 9.17) is 5.73 Å². The Morgan fingerprint density at radius 2 is 0.700 bits per heavy atom. The van der Waals surface area contributed by atoms with Gasteiger partial charge in [-0.2, -0.15) is 0 Å². The third-order valence-electron chi connectivity index (χ3n) is 6.63. The van der Waals surface area contributed by atoms with Crippen molar-refractivity contribution in [2.75, 3.05) is 6.54 Å². The van der Waals surface area contributed by atoms with Gasteiger partial charge in [-0.25, -0.2) is 0 Å². The fourth-order valence-electron chi connectivity index (χ4n) is 4.49. The molecule has 0 aliphatic carbocycles. The molecule has 1 unspecified atom stereocenters. The van der Waals surface area contributed by atoms with E-state index in [-0.39, 0.29) is 6.10 Å². The van der Waals surface area contributed by atoms with Gasteiger partial charge in [0.2, 0.25) is 0 Å². The predicted octanol–water partition coefficient (Wildman–Crippen LogP) is 9.08. The molecule has 0 heterocycles. The van der Waals surface area contributed by atoms with E-state index >= 15 is 0 Å².